The molecule has 0 saturated heterocycles. The molecule has 15 heavy (non-hydrogen) atoms. The van der Waals surface area contributed by atoms with Gasteiger partial charge in [0.15, 0.2) is 4.67 Å². The van der Waals surface area contributed by atoms with Gasteiger partial charge in [0.1, 0.15) is 5.76 Å². The Labute approximate surface area is 106 Å². The van der Waals surface area contributed by atoms with Crippen LogP contribution in [0, 0.1) is 0 Å². The van der Waals surface area contributed by atoms with Gasteiger partial charge in [-0.15, -0.1) is 0 Å². The van der Waals surface area contributed by atoms with Gasteiger partial charge in [-0.2, -0.15) is 0 Å². The van der Waals surface area contributed by atoms with Crippen molar-refractivity contribution in [2.75, 3.05) is 6.61 Å². The van der Waals surface area contributed by atoms with Crippen LogP contribution in [-0.2, 0) is 6.54 Å². The Morgan fingerprint density at radius 1 is 1.53 bits per heavy atom. The van der Waals surface area contributed by atoms with Gasteiger partial charge in [-0.1, -0.05) is 0 Å². The second kappa shape index (κ2) is 6.68. The molecule has 0 bridgehead atoms. The van der Waals surface area contributed by atoms with Gasteiger partial charge in [0, 0.05) is 12.6 Å². The first-order chi connectivity index (χ1) is 7.13. The summed E-state index contributed by atoms with van der Waals surface area (Å²) < 4.78 is 7.08. The van der Waals surface area contributed by atoms with E-state index in [0.717, 1.165) is 27.7 Å². The number of rotatable bonds is 6. The van der Waals surface area contributed by atoms with E-state index in [1.807, 2.05) is 6.07 Å². The van der Waals surface area contributed by atoms with Gasteiger partial charge in [-0.05, 0) is 57.7 Å². The number of halogens is 2. The fourth-order valence-electron chi connectivity index (χ4n) is 1.25. The highest BCUT2D eigenvalue weighted by Crippen LogP contribution is 2.26. The van der Waals surface area contributed by atoms with Crippen LogP contribution in [0.2, 0.25) is 0 Å². The summed E-state index contributed by atoms with van der Waals surface area (Å²) in [6, 6.07) is 2.33. The van der Waals surface area contributed by atoms with E-state index in [0.29, 0.717) is 12.6 Å². The van der Waals surface area contributed by atoms with E-state index in [1.165, 1.54) is 0 Å². The van der Waals surface area contributed by atoms with Crippen LogP contribution in [-0.4, -0.2) is 17.8 Å². The summed E-state index contributed by atoms with van der Waals surface area (Å²) in [7, 11) is 0. The molecule has 1 rings (SSSR count). The minimum Gasteiger partial charge on any atom is -0.452 e. The third-order valence-electron chi connectivity index (χ3n) is 2.12. The van der Waals surface area contributed by atoms with Crippen molar-refractivity contribution in [2.24, 2.45) is 0 Å². The maximum Gasteiger partial charge on any atom is 0.183 e. The van der Waals surface area contributed by atoms with Gasteiger partial charge in [-0.3, -0.25) is 0 Å². The quantitative estimate of drug-likeness (QED) is 0.836. The lowest BCUT2D eigenvalue weighted by molar-refractivity contribution is 0.275. The second-order valence-electron chi connectivity index (χ2n) is 3.48. The Morgan fingerprint density at radius 3 is 2.80 bits per heavy atom. The van der Waals surface area contributed by atoms with Crippen molar-refractivity contribution in [1.29, 1.82) is 0 Å². The van der Waals surface area contributed by atoms with Crippen molar-refractivity contribution in [3.05, 3.63) is 21.0 Å². The molecule has 0 aliphatic rings. The van der Waals surface area contributed by atoms with Gasteiger partial charge in [0.05, 0.1) is 11.0 Å². The minimum absolute atomic E-state index is 0.254. The summed E-state index contributed by atoms with van der Waals surface area (Å²) in [5, 5.41) is 12.0. The zero-order valence-corrected chi connectivity index (χ0v) is 11.8. The summed E-state index contributed by atoms with van der Waals surface area (Å²) in [6.07, 6.45) is 1.80. The van der Waals surface area contributed by atoms with Gasteiger partial charge in [0.25, 0.3) is 0 Å². The van der Waals surface area contributed by atoms with Crippen molar-refractivity contribution < 1.29 is 9.52 Å². The zero-order valence-electron chi connectivity index (χ0n) is 8.59. The first kappa shape index (κ1) is 13.2. The topological polar surface area (TPSA) is 45.4 Å². The number of aliphatic hydroxyl groups is 1. The smallest absolute Gasteiger partial charge is 0.183 e. The van der Waals surface area contributed by atoms with E-state index in [4.69, 9.17) is 9.52 Å². The van der Waals surface area contributed by atoms with E-state index in [9.17, 15) is 0 Å². The molecular formula is C10H15Br2NO2. The molecule has 86 valence electrons. The van der Waals surface area contributed by atoms with Crippen LogP contribution < -0.4 is 5.32 Å². The Morgan fingerprint density at radius 2 is 2.27 bits per heavy atom. The van der Waals surface area contributed by atoms with Crippen molar-refractivity contribution in [1.82, 2.24) is 5.32 Å². The third kappa shape index (κ3) is 4.68. The maximum atomic E-state index is 8.68. The molecule has 0 aromatic carbocycles. The molecule has 0 radical (unpaired) electrons. The lowest BCUT2D eigenvalue weighted by Crippen LogP contribution is -2.25. The second-order valence-corrected chi connectivity index (χ2v) is 5.06. The van der Waals surface area contributed by atoms with E-state index in [1.54, 1.807) is 0 Å². The molecule has 0 amide bonds. The third-order valence-corrected chi connectivity index (χ3v) is 3.83. The van der Waals surface area contributed by atoms with Crippen LogP contribution in [0.25, 0.3) is 0 Å². The number of aliphatic hydroxyl groups excluding tert-OH is 1. The normalized spacial score (nSPS) is 13.1. The molecule has 0 saturated carbocycles. The van der Waals surface area contributed by atoms with Crippen molar-refractivity contribution >= 4 is 31.9 Å². The summed E-state index contributed by atoms with van der Waals surface area (Å²) in [5.74, 6) is 0.893. The molecule has 0 fully saturated rings. The Kier molecular flexibility index (Phi) is 5.89. The molecule has 1 aromatic heterocycles. The number of nitrogens with one attached hydrogen (secondary N) is 1. The van der Waals surface area contributed by atoms with Gasteiger partial charge < -0.3 is 14.8 Å². The molecule has 2 N–H and O–H groups in total. The average Bonchev–Trinajstić information content (AvgIpc) is 2.52. The first-order valence-electron chi connectivity index (χ1n) is 4.91. The zero-order chi connectivity index (χ0) is 11.3. The van der Waals surface area contributed by atoms with Gasteiger partial charge in [0.2, 0.25) is 0 Å². The number of hydrogen-bond acceptors (Lipinski definition) is 3. The first-order valence-corrected chi connectivity index (χ1v) is 6.50. The lowest BCUT2D eigenvalue weighted by Gasteiger charge is -2.11. The predicted molar refractivity (Wildman–Crippen MR) is 66.7 cm³/mol. The molecule has 3 nitrogen and oxygen atoms in total. The van der Waals surface area contributed by atoms with Crippen LogP contribution in [0.15, 0.2) is 19.6 Å². The highest BCUT2D eigenvalue weighted by molar-refractivity contribution is 9.13. The predicted octanol–water partition coefficient (Wildman–Crippen LogP) is 3.06. The summed E-state index contributed by atoms with van der Waals surface area (Å²) >= 11 is 6.65. The minimum atomic E-state index is 0.254. The van der Waals surface area contributed by atoms with Crippen LogP contribution >= 0.6 is 31.9 Å². The molecule has 1 aromatic rings. The molecule has 0 spiro atoms. The van der Waals surface area contributed by atoms with Gasteiger partial charge in [-0.25, -0.2) is 0 Å². The van der Waals surface area contributed by atoms with E-state index in [-0.39, 0.29) is 6.61 Å². The highest BCUT2D eigenvalue weighted by atomic mass is 79.9. The summed E-state index contributed by atoms with van der Waals surface area (Å²) in [6.45, 7) is 3.06. The molecule has 0 aliphatic heterocycles. The average molecular weight is 341 g/mol. The van der Waals surface area contributed by atoms with E-state index in [2.05, 4.69) is 44.1 Å². The van der Waals surface area contributed by atoms with Crippen molar-refractivity contribution in [3.8, 4) is 0 Å². The number of furan rings is 1. The molecule has 1 heterocycles. The Hall–Kier alpha value is 0.160. The Balaban J connectivity index is 2.30. The summed E-state index contributed by atoms with van der Waals surface area (Å²) in [5.41, 5.74) is 0. The fraction of sp³-hybridized carbons (Fsp3) is 0.600. The van der Waals surface area contributed by atoms with Crippen LogP contribution in [0.1, 0.15) is 25.5 Å². The number of hydrogen-bond donors (Lipinski definition) is 2. The van der Waals surface area contributed by atoms with Crippen LogP contribution in [0.4, 0.5) is 0 Å². The van der Waals surface area contributed by atoms with Gasteiger partial charge >= 0.3 is 0 Å². The molecule has 0 aliphatic carbocycles. The van der Waals surface area contributed by atoms with E-state index >= 15 is 0 Å². The summed E-state index contributed by atoms with van der Waals surface area (Å²) in [4.78, 5) is 0. The van der Waals surface area contributed by atoms with E-state index < -0.39 is 0 Å². The molecule has 1 atom stereocenters. The van der Waals surface area contributed by atoms with Crippen molar-refractivity contribution in [2.45, 2.75) is 32.4 Å². The molecule has 1 unspecified atom stereocenters. The van der Waals surface area contributed by atoms with Crippen LogP contribution in [0.3, 0.4) is 0 Å². The Bertz CT molecular complexity index is 282. The standard InChI is InChI=1S/C10H15Br2NO2/c1-7(3-2-4-14)13-6-8-5-9(11)10(12)15-8/h5,7,13-14H,2-4,6H2,1H3. The molecular weight excluding hydrogens is 326 g/mol. The van der Waals surface area contributed by atoms with Crippen molar-refractivity contribution in [3.63, 3.8) is 0 Å². The monoisotopic (exact) mass is 339 g/mol. The maximum absolute atomic E-state index is 8.68. The highest BCUT2D eigenvalue weighted by Gasteiger charge is 2.07. The van der Waals surface area contributed by atoms with Crippen LogP contribution in [0.5, 0.6) is 0 Å². The fourth-order valence-corrected chi connectivity index (χ4v) is 1.91. The SMILES string of the molecule is CC(CCCO)NCc1cc(Br)c(Br)o1. The molecule has 5 heteroatoms. The largest absolute Gasteiger partial charge is 0.452 e. The lowest BCUT2D eigenvalue weighted by atomic mass is 10.2.